The lowest BCUT2D eigenvalue weighted by molar-refractivity contribution is 0.460. The molecule has 4 nitrogen and oxygen atoms in total. The molecule has 0 unspecified atom stereocenters. The van der Waals surface area contributed by atoms with E-state index >= 15 is 0 Å². The molecule has 0 radical (unpaired) electrons. The second kappa shape index (κ2) is 5.89. The van der Waals surface area contributed by atoms with E-state index < -0.39 is 0 Å². The zero-order valence-corrected chi connectivity index (χ0v) is 12.1. The van der Waals surface area contributed by atoms with E-state index in [1.165, 1.54) is 0 Å². The van der Waals surface area contributed by atoms with Crippen LogP contribution in [0.15, 0.2) is 54.9 Å². The monoisotopic (exact) mass is 297 g/mol. The van der Waals surface area contributed by atoms with Gasteiger partial charge in [0.15, 0.2) is 5.82 Å². The molecule has 0 N–H and O–H groups in total. The highest BCUT2D eigenvalue weighted by atomic mass is 35.5. The van der Waals surface area contributed by atoms with Gasteiger partial charge in [-0.1, -0.05) is 17.7 Å². The lowest BCUT2D eigenvalue weighted by atomic mass is 10.2. The number of hydrogen-bond donors (Lipinski definition) is 0. The third-order valence-corrected chi connectivity index (χ3v) is 3.11. The Morgan fingerprint density at radius 2 is 1.81 bits per heavy atom. The van der Waals surface area contributed by atoms with E-state index in [0.29, 0.717) is 22.4 Å². The Kier molecular flexibility index (Phi) is 3.79. The maximum atomic E-state index is 5.94. The van der Waals surface area contributed by atoms with Crippen molar-refractivity contribution in [3.8, 4) is 23.1 Å². The summed E-state index contributed by atoms with van der Waals surface area (Å²) in [5.74, 6) is 1.78. The second-order valence-corrected chi connectivity index (χ2v) is 4.88. The van der Waals surface area contributed by atoms with Gasteiger partial charge in [0.2, 0.25) is 5.88 Å². The van der Waals surface area contributed by atoms with Crippen LogP contribution in [0, 0.1) is 6.92 Å². The Hall–Kier alpha value is -2.46. The first-order chi connectivity index (χ1) is 10.2. The summed E-state index contributed by atoms with van der Waals surface area (Å²) < 4.78 is 5.80. The number of hydrogen-bond acceptors (Lipinski definition) is 4. The van der Waals surface area contributed by atoms with Crippen LogP contribution in [0.2, 0.25) is 5.02 Å². The molecule has 0 saturated heterocycles. The number of pyridine rings is 1. The summed E-state index contributed by atoms with van der Waals surface area (Å²) in [6.07, 6.45) is 3.36. The van der Waals surface area contributed by atoms with Crippen molar-refractivity contribution in [2.45, 2.75) is 6.92 Å². The minimum Gasteiger partial charge on any atom is -0.439 e. The predicted octanol–water partition coefficient (Wildman–Crippen LogP) is 4.29. The van der Waals surface area contributed by atoms with Gasteiger partial charge in [0.05, 0.1) is 0 Å². The molecule has 0 aliphatic heterocycles. The quantitative estimate of drug-likeness (QED) is 0.723. The summed E-state index contributed by atoms with van der Waals surface area (Å²) in [4.78, 5) is 12.8. The molecule has 0 aliphatic carbocycles. The van der Waals surface area contributed by atoms with Crippen LogP contribution in [0.5, 0.6) is 11.6 Å². The van der Waals surface area contributed by atoms with Gasteiger partial charge < -0.3 is 4.74 Å². The number of aryl methyl sites for hydroxylation is 1. The molecular weight excluding hydrogens is 286 g/mol. The smallest absolute Gasteiger partial charge is 0.219 e. The van der Waals surface area contributed by atoms with Gasteiger partial charge in [-0.05, 0) is 42.8 Å². The van der Waals surface area contributed by atoms with E-state index in [-0.39, 0.29) is 0 Å². The standard InChI is InChI=1S/C16H12ClN3O/c1-11-10-12(17)6-7-14(11)21-15-5-2-4-13(20-15)16-18-8-3-9-19-16/h2-10H,1H3. The van der Waals surface area contributed by atoms with Crippen LogP contribution in [0.25, 0.3) is 11.5 Å². The average molecular weight is 298 g/mol. The molecular formula is C16H12ClN3O. The molecule has 2 heterocycles. The molecule has 0 bridgehead atoms. The third-order valence-electron chi connectivity index (χ3n) is 2.87. The largest absolute Gasteiger partial charge is 0.439 e. The maximum absolute atomic E-state index is 5.94. The van der Waals surface area contributed by atoms with Crippen molar-refractivity contribution in [2.75, 3.05) is 0 Å². The summed E-state index contributed by atoms with van der Waals surface area (Å²) in [5.41, 5.74) is 1.62. The number of rotatable bonds is 3. The molecule has 0 atom stereocenters. The molecule has 0 fully saturated rings. The van der Waals surface area contributed by atoms with Gasteiger partial charge >= 0.3 is 0 Å². The molecule has 3 rings (SSSR count). The molecule has 21 heavy (non-hydrogen) atoms. The van der Waals surface area contributed by atoms with Crippen molar-refractivity contribution in [1.29, 1.82) is 0 Å². The summed E-state index contributed by atoms with van der Waals surface area (Å²) in [7, 11) is 0. The van der Waals surface area contributed by atoms with Gasteiger partial charge in [-0.2, -0.15) is 0 Å². The lowest BCUT2D eigenvalue weighted by Gasteiger charge is -2.08. The molecule has 1 aromatic carbocycles. The van der Waals surface area contributed by atoms with Crippen molar-refractivity contribution in [2.24, 2.45) is 0 Å². The van der Waals surface area contributed by atoms with Crippen LogP contribution in [0.1, 0.15) is 5.56 Å². The van der Waals surface area contributed by atoms with Crippen molar-refractivity contribution in [1.82, 2.24) is 15.0 Å². The highest BCUT2D eigenvalue weighted by Crippen LogP contribution is 2.27. The number of nitrogens with zero attached hydrogens (tertiary/aromatic N) is 3. The van der Waals surface area contributed by atoms with Crippen LogP contribution in [-0.4, -0.2) is 15.0 Å². The van der Waals surface area contributed by atoms with Gasteiger partial charge in [0.25, 0.3) is 0 Å². The first kappa shape index (κ1) is 13.5. The van der Waals surface area contributed by atoms with Gasteiger partial charge in [0.1, 0.15) is 11.4 Å². The van der Waals surface area contributed by atoms with Crippen molar-refractivity contribution in [3.05, 3.63) is 65.4 Å². The predicted molar refractivity (Wildman–Crippen MR) is 81.5 cm³/mol. The van der Waals surface area contributed by atoms with Gasteiger partial charge in [-0.25, -0.2) is 15.0 Å². The van der Waals surface area contributed by atoms with E-state index in [1.807, 2.05) is 31.2 Å². The van der Waals surface area contributed by atoms with E-state index in [1.54, 1.807) is 30.6 Å². The highest BCUT2D eigenvalue weighted by molar-refractivity contribution is 6.30. The van der Waals surface area contributed by atoms with E-state index in [0.717, 1.165) is 11.3 Å². The fourth-order valence-electron chi connectivity index (χ4n) is 1.87. The Morgan fingerprint density at radius 1 is 1.00 bits per heavy atom. The first-order valence-electron chi connectivity index (χ1n) is 6.41. The molecule has 5 heteroatoms. The zero-order chi connectivity index (χ0) is 14.7. The van der Waals surface area contributed by atoms with Crippen LogP contribution < -0.4 is 4.74 Å². The van der Waals surface area contributed by atoms with Crippen molar-refractivity contribution in [3.63, 3.8) is 0 Å². The molecule has 0 saturated carbocycles. The van der Waals surface area contributed by atoms with Crippen molar-refractivity contribution < 1.29 is 4.74 Å². The van der Waals surface area contributed by atoms with E-state index in [9.17, 15) is 0 Å². The molecule has 0 amide bonds. The molecule has 0 spiro atoms. The summed E-state index contributed by atoms with van der Waals surface area (Å²) in [6.45, 7) is 1.94. The van der Waals surface area contributed by atoms with Crippen LogP contribution in [0.3, 0.4) is 0 Å². The first-order valence-corrected chi connectivity index (χ1v) is 6.78. The molecule has 0 aliphatic rings. The number of halogens is 1. The summed E-state index contributed by atoms with van der Waals surface area (Å²) in [5, 5.41) is 0.680. The minimum atomic E-state index is 0.491. The molecule has 104 valence electrons. The normalized spacial score (nSPS) is 10.4. The average Bonchev–Trinajstić information content (AvgIpc) is 2.51. The Balaban J connectivity index is 1.90. The molecule has 3 aromatic rings. The summed E-state index contributed by atoms with van der Waals surface area (Å²) in [6, 6.07) is 12.7. The van der Waals surface area contributed by atoms with Crippen LogP contribution in [-0.2, 0) is 0 Å². The lowest BCUT2D eigenvalue weighted by Crippen LogP contribution is -1.94. The Bertz CT molecular complexity index is 762. The number of ether oxygens (including phenoxy) is 1. The van der Waals surface area contributed by atoms with E-state index in [4.69, 9.17) is 16.3 Å². The third kappa shape index (κ3) is 3.17. The SMILES string of the molecule is Cc1cc(Cl)ccc1Oc1cccc(-c2ncccn2)n1. The molecule has 2 aromatic heterocycles. The maximum Gasteiger partial charge on any atom is 0.219 e. The van der Waals surface area contributed by atoms with Crippen molar-refractivity contribution >= 4 is 11.6 Å². The van der Waals surface area contributed by atoms with Gasteiger partial charge in [-0.15, -0.1) is 0 Å². The topological polar surface area (TPSA) is 47.9 Å². The Morgan fingerprint density at radius 3 is 2.57 bits per heavy atom. The fourth-order valence-corrected chi connectivity index (χ4v) is 2.09. The number of benzene rings is 1. The van der Waals surface area contributed by atoms with Crippen LogP contribution >= 0.6 is 11.6 Å². The van der Waals surface area contributed by atoms with E-state index in [2.05, 4.69) is 15.0 Å². The minimum absolute atomic E-state index is 0.491. The number of aromatic nitrogens is 3. The van der Waals surface area contributed by atoms with Gasteiger partial charge in [-0.3, -0.25) is 0 Å². The second-order valence-electron chi connectivity index (χ2n) is 4.45. The zero-order valence-electron chi connectivity index (χ0n) is 11.3. The van der Waals surface area contributed by atoms with Crippen LogP contribution in [0.4, 0.5) is 0 Å². The van der Waals surface area contributed by atoms with Gasteiger partial charge in [0, 0.05) is 23.5 Å². The Labute approximate surface area is 127 Å². The highest BCUT2D eigenvalue weighted by Gasteiger charge is 2.06. The fraction of sp³-hybridized carbons (Fsp3) is 0.0625. The summed E-state index contributed by atoms with van der Waals surface area (Å²) >= 11 is 5.94.